The third kappa shape index (κ3) is 3.40. The van der Waals surface area contributed by atoms with E-state index in [2.05, 4.69) is 9.71 Å². The third-order valence-electron chi connectivity index (χ3n) is 3.14. The summed E-state index contributed by atoms with van der Waals surface area (Å²) in [7, 11) is 1.00. The lowest BCUT2D eigenvalue weighted by Gasteiger charge is -2.13. The Bertz CT molecular complexity index is 883. The van der Waals surface area contributed by atoms with Crippen LogP contribution in [0.2, 0.25) is 0 Å². The van der Waals surface area contributed by atoms with Gasteiger partial charge in [0.15, 0.2) is 29.3 Å². The Morgan fingerprint density at radius 1 is 1.08 bits per heavy atom. The van der Waals surface area contributed by atoms with Gasteiger partial charge in [-0.05, 0) is 24.1 Å². The summed E-state index contributed by atoms with van der Waals surface area (Å²) < 4.78 is 3.62. The Kier molecular flexibility index (Phi) is 5.91. The van der Waals surface area contributed by atoms with Crippen LogP contribution in [0, 0.1) is 0 Å². The maximum absolute atomic E-state index is 10.8. The van der Waals surface area contributed by atoms with E-state index < -0.39 is 28.6 Å². The van der Waals surface area contributed by atoms with Crippen LogP contribution in [0.1, 0.15) is 10.4 Å². The molecule has 0 amide bonds. The van der Waals surface area contributed by atoms with Gasteiger partial charge in [-0.1, -0.05) is 6.07 Å². The van der Waals surface area contributed by atoms with Gasteiger partial charge in [-0.25, -0.2) is 4.98 Å². The highest BCUT2D eigenvalue weighted by atomic mass is 32.2. The second-order valence-corrected chi connectivity index (χ2v) is 6.19. The molecule has 0 spiro atoms. The molecule has 6 N–H and O–H groups in total. The van der Waals surface area contributed by atoms with Crippen LogP contribution >= 0.6 is 23.3 Å². The summed E-state index contributed by atoms with van der Waals surface area (Å²) in [6.45, 7) is 0. The maximum Gasteiger partial charge on any atom is 0.187 e. The number of benzene rings is 2. The first-order valence-electron chi connectivity index (χ1n) is 6.69. The normalized spacial score (nSPS) is 10.2. The average Bonchev–Trinajstić information content (AvgIpc) is 3.12. The number of carbonyl (C=O) groups is 1. The van der Waals surface area contributed by atoms with Crippen LogP contribution in [-0.2, 0) is 0 Å². The first-order valence-corrected chi connectivity index (χ1v) is 8.39. The Hall–Kier alpha value is -2.69. The number of fused-ring (bicyclic) bond motifs is 1. The Labute approximate surface area is 150 Å². The van der Waals surface area contributed by atoms with E-state index in [9.17, 15) is 25.2 Å². The van der Waals surface area contributed by atoms with E-state index in [1.807, 2.05) is 12.1 Å². The van der Waals surface area contributed by atoms with Crippen LogP contribution in [0.3, 0.4) is 0 Å². The number of nitrogens with one attached hydrogen (secondary N) is 1. The molecule has 3 aromatic rings. The molecule has 0 fully saturated rings. The molecule has 1 aromatic heterocycles. The number of para-hydroxylation sites is 1. The van der Waals surface area contributed by atoms with Crippen molar-refractivity contribution in [2.75, 3.05) is 11.8 Å². The highest BCUT2D eigenvalue weighted by Crippen LogP contribution is 2.50. The van der Waals surface area contributed by atoms with E-state index >= 15 is 0 Å². The zero-order chi connectivity index (χ0) is 18.6. The van der Waals surface area contributed by atoms with Crippen molar-refractivity contribution >= 4 is 45.5 Å². The monoisotopic (exact) mass is 382 g/mol. The number of aldehydes is 1. The summed E-state index contributed by atoms with van der Waals surface area (Å²) in [5.41, 5.74) is 1.55. The molecule has 0 radical (unpaired) electrons. The van der Waals surface area contributed by atoms with Gasteiger partial charge < -0.3 is 30.3 Å². The molecule has 1 heterocycles. The number of aliphatic hydroxyl groups excluding tert-OH is 1. The molecule has 132 valence electrons. The number of aromatic hydroxyl groups is 4. The van der Waals surface area contributed by atoms with Crippen molar-refractivity contribution in [2.24, 2.45) is 0 Å². The topological polar surface area (TPSA) is 143 Å². The van der Waals surface area contributed by atoms with Crippen molar-refractivity contribution < 1.29 is 30.3 Å². The van der Waals surface area contributed by atoms with Gasteiger partial charge in [0.2, 0.25) is 0 Å². The third-order valence-corrected chi connectivity index (χ3v) is 4.79. The summed E-state index contributed by atoms with van der Waals surface area (Å²) in [6, 6.07) is 5.52. The zero-order valence-corrected chi connectivity index (χ0v) is 14.4. The number of carbonyl (C=O) groups excluding carboxylic acids is 1. The second kappa shape index (κ2) is 7.92. The predicted molar refractivity (Wildman–Crippen MR) is 95.7 cm³/mol. The SMILES string of the molecule is CO.O=Cc1c(O)c(O)c(NSc2cccc3scnc23)c(O)c1O. The van der Waals surface area contributed by atoms with Crippen LogP contribution in [0.25, 0.3) is 10.2 Å². The van der Waals surface area contributed by atoms with Gasteiger partial charge >= 0.3 is 0 Å². The molecule has 0 aliphatic carbocycles. The maximum atomic E-state index is 10.8. The lowest BCUT2D eigenvalue weighted by molar-refractivity contribution is 0.111. The summed E-state index contributed by atoms with van der Waals surface area (Å²) in [5, 5.41) is 46.2. The molecule has 3 rings (SSSR count). The molecular formula is C15H14N2O6S2. The van der Waals surface area contributed by atoms with Gasteiger partial charge in [0, 0.05) is 7.11 Å². The van der Waals surface area contributed by atoms with E-state index in [0.29, 0.717) is 0 Å². The summed E-state index contributed by atoms with van der Waals surface area (Å²) >= 11 is 2.50. The Balaban J connectivity index is 0.00000109. The molecule has 0 unspecified atom stereocenters. The van der Waals surface area contributed by atoms with Crippen molar-refractivity contribution in [1.82, 2.24) is 4.98 Å². The fraction of sp³-hybridized carbons (Fsp3) is 0.0667. The van der Waals surface area contributed by atoms with Crippen molar-refractivity contribution in [3.8, 4) is 23.0 Å². The van der Waals surface area contributed by atoms with Gasteiger partial charge in [-0.3, -0.25) is 4.79 Å². The van der Waals surface area contributed by atoms with E-state index in [1.165, 1.54) is 11.3 Å². The fourth-order valence-corrected chi connectivity index (χ4v) is 3.55. The Morgan fingerprint density at radius 3 is 2.32 bits per heavy atom. The minimum absolute atomic E-state index is 0.136. The lowest BCUT2D eigenvalue weighted by Crippen LogP contribution is -1.93. The minimum atomic E-state index is -0.815. The highest BCUT2D eigenvalue weighted by molar-refractivity contribution is 8.00. The molecule has 0 bridgehead atoms. The Morgan fingerprint density at radius 2 is 1.72 bits per heavy atom. The van der Waals surface area contributed by atoms with E-state index in [4.69, 9.17) is 5.11 Å². The minimum Gasteiger partial charge on any atom is -0.504 e. The number of rotatable bonds is 4. The van der Waals surface area contributed by atoms with Crippen molar-refractivity contribution in [1.29, 1.82) is 0 Å². The predicted octanol–water partition coefficient (Wildman–Crippen LogP) is 2.66. The van der Waals surface area contributed by atoms with Crippen molar-refractivity contribution in [3.05, 3.63) is 29.3 Å². The average molecular weight is 382 g/mol. The van der Waals surface area contributed by atoms with E-state index in [0.717, 1.165) is 34.2 Å². The van der Waals surface area contributed by atoms with E-state index in [-0.39, 0.29) is 12.0 Å². The quantitative estimate of drug-likeness (QED) is 0.174. The van der Waals surface area contributed by atoms with Crippen LogP contribution in [0.5, 0.6) is 23.0 Å². The second-order valence-electron chi connectivity index (χ2n) is 4.46. The number of thiazole rings is 1. The highest BCUT2D eigenvalue weighted by Gasteiger charge is 2.23. The number of phenolic OH excluding ortho intramolecular Hbond substituents is 4. The molecule has 10 heteroatoms. The molecule has 0 aliphatic rings. The van der Waals surface area contributed by atoms with Gasteiger partial charge in [-0.15, -0.1) is 11.3 Å². The summed E-state index contributed by atoms with van der Waals surface area (Å²) in [4.78, 5) is 15.7. The molecule has 8 nitrogen and oxygen atoms in total. The van der Waals surface area contributed by atoms with Crippen LogP contribution in [-0.4, -0.2) is 43.9 Å². The first-order chi connectivity index (χ1) is 12.0. The smallest absolute Gasteiger partial charge is 0.187 e. The standard InChI is InChI=1S/C14H10N2O5S2.CH4O/c17-4-6-11(18)13(20)10(14(21)12(6)19)16-23-8-3-1-2-7-9(8)15-5-22-7;1-2/h1-5,16,18-21H;2H,1H3. The summed E-state index contributed by atoms with van der Waals surface area (Å²) in [5.74, 6) is -3.10. The van der Waals surface area contributed by atoms with Crippen molar-refractivity contribution in [2.45, 2.75) is 4.90 Å². The van der Waals surface area contributed by atoms with Gasteiger partial charge in [0.1, 0.15) is 11.3 Å². The van der Waals surface area contributed by atoms with Gasteiger partial charge in [-0.2, -0.15) is 0 Å². The molecule has 2 aromatic carbocycles. The molecule has 0 aliphatic heterocycles. The van der Waals surface area contributed by atoms with Crippen LogP contribution < -0.4 is 4.72 Å². The van der Waals surface area contributed by atoms with Gasteiger partial charge in [0.05, 0.1) is 20.6 Å². The number of hydrogen-bond acceptors (Lipinski definition) is 10. The van der Waals surface area contributed by atoms with Gasteiger partial charge in [0.25, 0.3) is 0 Å². The van der Waals surface area contributed by atoms with Crippen molar-refractivity contribution in [3.63, 3.8) is 0 Å². The van der Waals surface area contributed by atoms with Crippen LogP contribution in [0.4, 0.5) is 5.69 Å². The number of hydrogen-bond donors (Lipinski definition) is 6. The first kappa shape index (κ1) is 18.6. The van der Waals surface area contributed by atoms with E-state index in [1.54, 1.807) is 11.6 Å². The molecule has 0 saturated carbocycles. The fourth-order valence-electron chi connectivity index (χ4n) is 1.97. The summed E-state index contributed by atoms with van der Waals surface area (Å²) in [6.07, 6.45) is 0.136. The molecule has 0 saturated heterocycles. The molecule has 0 atom stereocenters. The molecular weight excluding hydrogens is 368 g/mol. The number of anilines is 1. The number of phenols is 4. The largest absolute Gasteiger partial charge is 0.504 e. The number of nitrogens with zero attached hydrogens (tertiary/aromatic N) is 1. The van der Waals surface area contributed by atoms with Crippen LogP contribution in [0.15, 0.2) is 28.6 Å². The zero-order valence-electron chi connectivity index (χ0n) is 12.8. The number of aliphatic hydroxyl groups is 1. The lowest BCUT2D eigenvalue weighted by atomic mass is 10.1. The number of aromatic nitrogens is 1. The molecule has 25 heavy (non-hydrogen) atoms.